The Hall–Kier alpha value is -2.71. The van der Waals surface area contributed by atoms with E-state index in [4.69, 9.17) is 0 Å². The number of hydrogen-bond acceptors (Lipinski definition) is 4. The Morgan fingerprint density at radius 3 is 2.56 bits per heavy atom. The molecule has 0 aromatic heterocycles. The molecule has 0 bridgehead atoms. The van der Waals surface area contributed by atoms with Gasteiger partial charge in [0.15, 0.2) is 0 Å². The van der Waals surface area contributed by atoms with Gasteiger partial charge in [-0.25, -0.2) is 13.1 Å². The Morgan fingerprint density at radius 2 is 1.85 bits per heavy atom. The van der Waals surface area contributed by atoms with Crippen molar-refractivity contribution in [2.45, 2.75) is 31.2 Å². The van der Waals surface area contributed by atoms with Crippen LogP contribution >= 0.6 is 0 Å². The summed E-state index contributed by atoms with van der Waals surface area (Å²) in [5, 5.41) is 5.44. The molecular weight excluding hydrogens is 366 g/mol. The van der Waals surface area contributed by atoms with E-state index in [0.717, 1.165) is 11.1 Å². The van der Waals surface area contributed by atoms with E-state index in [1.54, 1.807) is 36.4 Å². The lowest BCUT2D eigenvalue weighted by molar-refractivity contribution is -0.116. The first kappa shape index (κ1) is 19.1. The first-order chi connectivity index (χ1) is 12.9. The van der Waals surface area contributed by atoms with E-state index in [9.17, 15) is 18.0 Å². The third kappa shape index (κ3) is 4.53. The van der Waals surface area contributed by atoms with Gasteiger partial charge in [-0.3, -0.25) is 9.59 Å². The minimum absolute atomic E-state index is 0.0627. The van der Waals surface area contributed by atoms with Crippen molar-refractivity contribution < 1.29 is 18.0 Å². The topological polar surface area (TPSA) is 104 Å². The molecule has 0 aliphatic carbocycles. The molecule has 8 heteroatoms. The second-order valence-electron chi connectivity index (χ2n) is 6.25. The Morgan fingerprint density at radius 1 is 1.11 bits per heavy atom. The van der Waals surface area contributed by atoms with E-state index >= 15 is 0 Å². The van der Waals surface area contributed by atoms with Crippen LogP contribution in [0, 0.1) is 0 Å². The number of hydrogen-bond donors (Lipinski definition) is 3. The van der Waals surface area contributed by atoms with Crippen molar-refractivity contribution in [3.63, 3.8) is 0 Å². The summed E-state index contributed by atoms with van der Waals surface area (Å²) in [4.78, 5) is 23.3. The van der Waals surface area contributed by atoms with Gasteiger partial charge in [-0.1, -0.05) is 12.1 Å². The van der Waals surface area contributed by atoms with Gasteiger partial charge in [0.1, 0.15) is 0 Å². The average molecular weight is 387 g/mol. The highest BCUT2D eigenvalue weighted by Crippen LogP contribution is 2.25. The summed E-state index contributed by atoms with van der Waals surface area (Å²) >= 11 is 0. The van der Waals surface area contributed by atoms with Gasteiger partial charge in [0.2, 0.25) is 15.9 Å². The summed E-state index contributed by atoms with van der Waals surface area (Å²) in [6, 6.07) is 11.4. The average Bonchev–Trinajstić information content (AvgIpc) is 2.66. The molecule has 27 heavy (non-hydrogen) atoms. The molecule has 0 spiro atoms. The van der Waals surface area contributed by atoms with Crippen molar-refractivity contribution >= 4 is 27.5 Å². The molecule has 0 atom stereocenters. The van der Waals surface area contributed by atoms with Crippen molar-refractivity contribution in [3.8, 4) is 0 Å². The zero-order valence-corrected chi connectivity index (χ0v) is 15.7. The molecule has 142 valence electrons. The molecule has 7 nitrogen and oxygen atoms in total. The fourth-order valence-electron chi connectivity index (χ4n) is 2.83. The lowest BCUT2D eigenvalue weighted by Gasteiger charge is -2.17. The van der Waals surface area contributed by atoms with E-state index in [2.05, 4.69) is 15.4 Å². The molecule has 0 saturated carbocycles. The van der Waals surface area contributed by atoms with Crippen molar-refractivity contribution in [2.75, 3.05) is 11.9 Å². The highest BCUT2D eigenvalue weighted by atomic mass is 32.2. The molecule has 0 unspecified atom stereocenters. The monoisotopic (exact) mass is 387 g/mol. The van der Waals surface area contributed by atoms with Crippen molar-refractivity contribution in [1.29, 1.82) is 0 Å². The number of nitrogens with one attached hydrogen (secondary N) is 3. The maximum absolute atomic E-state index is 12.6. The number of carbonyl (C=O) groups is 2. The zero-order valence-electron chi connectivity index (χ0n) is 14.9. The first-order valence-corrected chi connectivity index (χ1v) is 10.2. The minimum Gasteiger partial charge on any atom is -0.352 e. The first-order valence-electron chi connectivity index (χ1n) is 8.68. The second kappa shape index (κ2) is 7.89. The van der Waals surface area contributed by atoms with Crippen LogP contribution in [0.5, 0.6) is 0 Å². The third-order valence-electron chi connectivity index (χ3n) is 4.30. The van der Waals surface area contributed by atoms with E-state index < -0.39 is 10.0 Å². The maximum atomic E-state index is 12.6. The van der Waals surface area contributed by atoms with Crippen LogP contribution in [0.4, 0.5) is 5.69 Å². The highest BCUT2D eigenvalue weighted by Gasteiger charge is 2.19. The molecule has 1 heterocycles. The summed E-state index contributed by atoms with van der Waals surface area (Å²) in [6.07, 6.45) is 0.869. The van der Waals surface area contributed by atoms with Gasteiger partial charge in [-0.05, 0) is 54.8 Å². The predicted molar refractivity (Wildman–Crippen MR) is 102 cm³/mol. The van der Waals surface area contributed by atoms with Crippen molar-refractivity contribution in [2.24, 2.45) is 0 Å². The third-order valence-corrected chi connectivity index (χ3v) is 5.70. The number of amides is 2. The van der Waals surface area contributed by atoms with Crippen molar-refractivity contribution in [3.05, 3.63) is 59.2 Å². The number of aryl methyl sites for hydroxylation is 1. The summed E-state index contributed by atoms with van der Waals surface area (Å²) in [5.41, 5.74) is 2.74. The fourth-order valence-corrected chi connectivity index (χ4v) is 3.89. The second-order valence-corrected chi connectivity index (χ2v) is 8.02. The predicted octanol–water partition coefficient (Wildman–Crippen LogP) is 1.80. The molecule has 0 saturated heterocycles. The van der Waals surface area contributed by atoms with Gasteiger partial charge in [0.05, 0.1) is 4.90 Å². The van der Waals surface area contributed by atoms with Crippen LogP contribution < -0.4 is 15.4 Å². The van der Waals surface area contributed by atoms with Crippen LogP contribution in [0.1, 0.15) is 34.8 Å². The normalized spacial score (nSPS) is 13.6. The van der Waals surface area contributed by atoms with Crippen molar-refractivity contribution in [1.82, 2.24) is 10.0 Å². The molecule has 2 aromatic rings. The molecule has 1 aliphatic heterocycles. The lowest BCUT2D eigenvalue weighted by Crippen LogP contribution is -2.25. The minimum atomic E-state index is -3.68. The number of sulfonamides is 1. The van der Waals surface area contributed by atoms with Gasteiger partial charge in [-0.15, -0.1) is 0 Å². The summed E-state index contributed by atoms with van der Waals surface area (Å²) in [7, 11) is -3.68. The van der Waals surface area contributed by atoms with Crippen LogP contribution in [0.3, 0.4) is 0 Å². The zero-order chi connectivity index (χ0) is 19.4. The standard InChI is InChI=1S/C19H21N3O4S/c1-2-20-19(24)14-5-3-13(4-6-14)12-21-27(25,26)16-8-9-17-15(11-16)7-10-18(23)22-17/h3-6,8-9,11,21H,2,7,10,12H2,1H3,(H,20,24)(H,22,23). The van der Waals surface area contributed by atoms with Crippen LogP contribution in [0.15, 0.2) is 47.4 Å². The van der Waals surface area contributed by atoms with E-state index in [-0.39, 0.29) is 23.3 Å². The Kier molecular flexibility index (Phi) is 5.57. The number of fused-ring (bicyclic) bond motifs is 1. The van der Waals surface area contributed by atoms with Crippen LogP contribution in [0.25, 0.3) is 0 Å². The highest BCUT2D eigenvalue weighted by molar-refractivity contribution is 7.89. The summed E-state index contributed by atoms with van der Waals surface area (Å²) in [6.45, 7) is 2.51. The van der Waals surface area contributed by atoms with E-state index in [0.29, 0.717) is 30.6 Å². The number of rotatable bonds is 6. The maximum Gasteiger partial charge on any atom is 0.251 e. The molecule has 3 N–H and O–H groups in total. The van der Waals surface area contributed by atoms with Gasteiger partial charge < -0.3 is 10.6 Å². The quantitative estimate of drug-likeness (QED) is 0.703. The Bertz CT molecular complexity index is 969. The molecule has 3 rings (SSSR count). The number of anilines is 1. The SMILES string of the molecule is CCNC(=O)c1ccc(CNS(=O)(=O)c2ccc3c(c2)CCC(=O)N3)cc1. The van der Waals surface area contributed by atoms with E-state index in [1.807, 2.05) is 6.92 Å². The summed E-state index contributed by atoms with van der Waals surface area (Å²) in [5.74, 6) is -0.224. The molecule has 2 amide bonds. The smallest absolute Gasteiger partial charge is 0.251 e. The van der Waals surface area contributed by atoms with Gasteiger partial charge in [-0.2, -0.15) is 0 Å². The van der Waals surface area contributed by atoms with Crippen LogP contribution in [-0.4, -0.2) is 26.8 Å². The van der Waals surface area contributed by atoms with Gasteiger partial charge >= 0.3 is 0 Å². The molecular formula is C19H21N3O4S. The molecule has 0 fully saturated rings. The van der Waals surface area contributed by atoms with Gasteiger partial charge in [0, 0.05) is 30.8 Å². The van der Waals surface area contributed by atoms with Crippen LogP contribution in [0.2, 0.25) is 0 Å². The largest absolute Gasteiger partial charge is 0.352 e. The Balaban J connectivity index is 1.68. The molecule has 2 aromatic carbocycles. The van der Waals surface area contributed by atoms with E-state index in [1.165, 1.54) is 6.07 Å². The molecule has 0 radical (unpaired) electrons. The number of benzene rings is 2. The fraction of sp³-hybridized carbons (Fsp3) is 0.263. The molecule has 1 aliphatic rings. The van der Waals surface area contributed by atoms with Gasteiger partial charge in [0.25, 0.3) is 5.91 Å². The Labute approximate surface area is 158 Å². The van der Waals surface area contributed by atoms with Crippen LogP contribution in [-0.2, 0) is 27.8 Å². The lowest BCUT2D eigenvalue weighted by atomic mass is 10.0. The number of carbonyl (C=O) groups excluding carboxylic acids is 2. The summed E-state index contributed by atoms with van der Waals surface area (Å²) < 4.78 is 27.7.